The van der Waals surface area contributed by atoms with E-state index in [1.165, 1.54) is 17.9 Å². The summed E-state index contributed by atoms with van der Waals surface area (Å²) in [5, 5.41) is 18.7. The lowest BCUT2D eigenvalue weighted by Gasteiger charge is -2.24. The number of alkyl halides is 3. The second kappa shape index (κ2) is 6.79. The Bertz CT molecular complexity index is 1590. The third-order valence-electron chi connectivity index (χ3n) is 5.65. The average molecular weight is 491 g/mol. The van der Waals surface area contributed by atoms with Gasteiger partial charge in [-0.05, 0) is 6.92 Å². The van der Waals surface area contributed by atoms with Crippen LogP contribution >= 0.6 is 11.6 Å². The maximum absolute atomic E-state index is 13.3. The molecule has 0 fully saturated rings. The van der Waals surface area contributed by atoms with Crippen LogP contribution in [0, 0.1) is 6.92 Å². The molecule has 11 nitrogen and oxygen atoms in total. The van der Waals surface area contributed by atoms with Crippen LogP contribution in [0.5, 0.6) is 11.8 Å². The first-order valence-corrected chi connectivity index (χ1v) is 10.3. The highest BCUT2D eigenvalue weighted by Crippen LogP contribution is 2.48. The standard InChI is InChI=1S/C19H14ClF3N10O/c1-7-9-10(8-4-25-31(2)5-8)11-16-26-15(13-12(20)14(19(21,22)23)29-32(13)3)30-33(16)6-24-17(11)34-18(9)28-27-7/h4-6,10H,1-3H3,(H,27,28). The summed E-state index contributed by atoms with van der Waals surface area (Å²) in [6.07, 6.45) is 0.209. The summed E-state index contributed by atoms with van der Waals surface area (Å²) in [4.78, 5) is 8.90. The SMILES string of the molecule is Cc1[nH]nc2c1C(c1cnn(C)c1)c1c(ncn3nc(-c4c(Cl)c(C(F)(F)F)nn4C)nc13)O2. The van der Waals surface area contributed by atoms with Crippen molar-refractivity contribution in [1.29, 1.82) is 0 Å². The van der Waals surface area contributed by atoms with Gasteiger partial charge in [-0.15, -0.1) is 10.2 Å². The van der Waals surface area contributed by atoms with Crippen molar-refractivity contribution < 1.29 is 17.9 Å². The topological polar surface area (TPSA) is 117 Å². The normalized spacial score (nSPS) is 15.4. The molecule has 15 heteroatoms. The van der Waals surface area contributed by atoms with Gasteiger partial charge in [0.2, 0.25) is 17.6 Å². The Balaban J connectivity index is 1.60. The van der Waals surface area contributed by atoms with Crippen molar-refractivity contribution >= 4 is 17.2 Å². The van der Waals surface area contributed by atoms with Crippen LogP contribution in [0.4, 0.5) is 13.2 Å². The maximum Gasteiger partial charge on any atom is 0.436 e. The molecule has 1 aliphatic rings. The molecule has 0 saturated heterocycles. The number of nitrogens with one attached hydrogen (secondary N) is 1. The predicted octanol–water partition coefficient (Wildman–Crippen LogP) is 3.25. The van der Waals surface area contributed by atoms with Crippen molar-refractivity contribution in [3.05, 3.63) is 51.8 Å². The summed E-state index contributed by atoms with van der Waals surface area (Å²) < 4.78 is 49.9. The van der Waals surface area contributed by atoms with Gasteiger partial charge in [0.15, 0.2) is 11.3 Å². The Morgan fingerprint density at radius 1 is 1.15 bits per heavy atom. The zero-order chi connectivity index (χ0) is 23.9. The van der Waals surface area contributed by atoms with Gasteiger partial charge in [0.05, 0.1) is 17.7 Å². The lowest BCUT2D eigenvalue weighted by atomic mass is 9.86. The summed E-state index contributed by atoms with van der Waals surface area (Å²) in [6, 6.07) is 0. The van der Waals surface area contributed by atoms with E-state index in [1.807, 2.05) is 13.1 Å². The fourth-order valence-electron chi connectivity index (χ4n) is 4.21. The monoisotopic (exact) mass is 490 g/mol. The third-order valence-corrected chi connectivity index (χ3v) is 6.00. The number of nitrogens with zero attached hydrogens (tertiary/aromatic N) is 9. The van der Waals surface area contributed by atoms with Crippen LogP contribution in [0.3, 0.4) is 0 Å². The van der Waals surface area contributed by atoms with E-state index < -0.39 is 22.8 Å². The summed E-state index contributed by atoms with van der Waals surface area (Å²) in [5.74, 6) is 0.184. The van der Waals surface area contributed by atoms with Crippen LogP contribution in [-0.2, 0) is 20.3 Å². The van der Waals surface area contributed by atoms with Gasteiger partial charge in [0, 0.05) is 37.1 Å². The predicted molar refractivity (Wildman–Crippen MR) is 111 cm³/mol. The molecular formula is C19H14ClF3N10O. The maximum atomic E-state index is 13.3. The van der Waals surface area contributed by atoms with Gasteiger partial charge in [0.25, 0.3) is 0 Å². The molecule has 5 aromatic heterocycles. The van der Waals surface area contributed by atoms with E-state index in [1.54, 1.807) is 17.9 Å². The van der Waals surface area contributed by atoms with Crippen LogP contribution in [0.15, 0.2) is 18.7 Å². The van der Waals surface area contributed by atoms with Gasteiger partial charge in [-0.1, -0.05) is 11.6 Å². The van der Waals surface area contributed by atoms with E-state index in [4.69, 9.17) is 16.3 Å². The lowest BCUT2D eigenvalue weighted by molar-refractivity contribution is -0.141. The van der Waals surface area contributed by atoms with E-state index >= 15 is 0 Å². The van der Waals surface area contributed by atoms with Crippen LogP contribution < -0.4 is 4.74 Å². The second-order valence-corrected chi connectivity index (χ2v) is 8.23. The Morgan fingerprint density at radius 2 is 1.94 bits per heavy atom. The molecule has 0 aliphatic carbocycles. The summed E-state index contributed by atoms with van der Waals surface area (Å²) >= 11 is 6.06. The Kier molecular flexibility index (Phi) is 4.12. The zero-order valence-corrected chi connectivity index (χ0v) is 18.5. The molecule has 0 radical (unpaired) electrons. The molecule has 5 aromatic rings. The minimum Gasteiger partial charge on any atom is -0.418 e. The smallest absolute Gasteiger partial charge is 0.418 e. The van der Waals surface area contributed by atoms with E-state index in [9.17, 15) is 13.2 Å². The molecule has 6 heterocycles. The molecule has 1 atom stereocenters. The van der Waals surface area contributed by atoms with E-state index in [0.29, 0.717) is 17.1 Å². The average Bonchev–Trinajstić information content (AvgIpc) is 3.52. The molecule has 0 amide bonds. The Labute approximate surface area is 193 Å². The van der Waals surface area contributed by atoms with E-state index in [-0.39, 0.29) is 17.4 Å². The van der Waals surface area contributed by atoms with Crippen molar-refractivity contribution in [3.63, 3.8) is 0 Å². The molecule has 1 unspecified atom stereocenters. The third kappa shape index (κ3) is 2.84. The molecule has 174 valence electrons. The summed E-state index contributed by atoms with van der Waals surface area (Å²) in [7, 11) is 3.14. The fourth-order valence-corrected chi connectivity index (χ4v) is 4.56. The van der Waals surface area contributed by atoms with Crippen molar-refractivity contribution in [1.82, 2.24) is 49.3 Å². The molecule has 34 heavy (non-hydrogen) atoms. The Morgan fingerprint density at radius 3 is 2.62 bits per heavy atom. The highest BCUT2D eigenvalue weighted by atomic mass is 35.5. The molecule has 0 saturated carbocycles. The first kappa shape index (κ1) is 20.7. The second-order valence-electron chi connectivity index (χ2n) is 7.85. The van der Waals surface area contributed by atoms with Crippen LogP contribution in [0.25, 0.3) is 17.2 Å². The van der Waals surface area contributed by atoms with Gasteiger partial charge in [0.1, 0.15) is 17.0 Å². The van der Waals surface area contributed by atoms with Crippen molar-refractivity contribution in [2.75, 3.05) is 0 Å². The lowest BCUT2D eigenvalue weighted by Crippen LogP contribution is -2.14. The number of ether oxygens (including phenoxy) is 1. The number of aromatic nitrogens is 10. The van der Waals surface area contributed by atoms with E-state index in [2.05, 4.69) is 35.5 Å². The number of hydrogen-bond acceptors (Lipinski definition) is 7. The van der Waals surface area contributed by atoms with Gasteiger partial charge in [-0.3, -0.25) is 14.5 Å². The highest BCUT2D eigenvalue weighted by Gasteiger charge is 2.40. The molecule has 1 N–H and O–H groups in total. The van der Waals surface area contributed by atoms with Crippen LogP contribution in [0.1, 0.15) is 34.0 Å². The number of fused-ring (bicyclic) bond motifs is 4. The van der Waals surface area contributed by atoms with Gasteiger partial charge >= 0.3 is 6.18 Å². The molecule has 0 bridgehead atoms. The Hall–Kier alpha value is -3.94. The summed E-state index contributed by atoms with van der Waals surface area (Å²) in [5.41, 5.74) is 2.02. The van der Waals surface area contributed by atoms with Crippen molar-refractivity contribution in [2.45, 2.75) is 19.0 Å². The number of H-pyrrole nitrogens is 1. The molecule has 6 rings (SSSR count). The molecule has 0 spiro atoms. The molecule has 0 aromatic carbocycles. The molecule has 1 aliphatic heterocycles. The highest BCUT2D eigenvalue weighted by molar-refractivity contribution is 6.33. The minimum atomic E-state index is -4.72. The van der Waals surface area contributed by atoms with Crippen LogP contribution in [0.2, 0.25) is 5.02 Å². The summed E-state index contributed by atoms with van der Waals surface area (Å²) in [6.45, 7) is 1.86. The minimum absolute atomic E-state index is 0.0367. The van der Waals surface area contributed by atoms with Gasteiger partial charge < -0.3 is 4.74 Å². The first-order valence-electron chi connectivity index (χ1n) is 9.90. The number of rotatable bonds is 2. The fraction of sp³-hybridized carbons (Fsp3) is 0.263. The number of hydrogen-bond donors (Lipinski definition) is 1. The number of halogens is 4. The van der Waals surface area contributed by atoms with E-state index in [0.717, 1.165) is 21.5 Å². The molecular weight excluding hydrogens is 477 g/mol. The van der Waals surface area contributed by atoms with Crippen LogP contribution in [-0.4, -0.2) is 49.3 Å². The van der Waals surface area contributed by atoms with Gasteiger partial charge in [-0.2, -0.15) is 23.4 Å². The van der Waals surface area contributed by atoms with Crippen molar-refractivity contribution in [2.24, 2.45) is 14.1 Å². The zero-order valence-electron chi connectivity index (χ0n) is 17.8. The van der Waals surface area contributed by atoms with Gasteiger partial charge in [-0.25, -0.2) is 14.5 Å². The number of aryl methyl sites for hydroxylation is 3. The largest absolute Gasteiger partial charge is 0.436 e. The quantitative estimate of drug-likeness (QED) is 0.396. The number of aromatic amines is 1. The first-order chi connectivity index (χ1) is 16.1. The van der Waals surface area contributed by atoms with Crippen molar-refractivity contribution in [3.8, 4) is 23.3 Å².